The number of amides is 1. The van der Waals surface area contributed by atoms with Crippen LogP contribution in [-0.2, 0) is 27.4 Å². The van der Waals surface area contributed by atoms with Crippen molar-refractivity contribution in [3.8, 4) is 0 Å². The van der Waals surface area contributed by atoms with Gasteiger partial charge in [0.25, 0.3) is 0 Å². The number of esters is 1. The maximum absolute atomic E-state index is 12.3. The van der Waals surface area contributed by atoms with Crippen molar-refractivity contribution >= 4 is 23.5 Å². The first kappa shape index (κ1) is 19.9. The van der Waals surface area contributed by atoms with E-state index in [0.29, 0.717) is 18.1 Å². The summed E-state index contributed by atoms with van der Waals surface area (Å²) in [6, 6.07) is 15.2. The zero-order valence-corrected chi connectivity index (χ0v) is 15.8. The summed E-state index contributed by atoms with van der Waals surface area (Å²) in [5, 5.41) is 3.50. The van der Waals surface area contributed by atoms with Crippen molar-refractivity contribution in [3.05, 3.63) is 70.2 Å². The topological polar surface area (TPSA) is 58.6 Å². The van der Waals surface area contributed by atoms with Crippen molar-refractivity contribution in [2.75, 3.05) is 20.2 Å². The maximum Gasteiger partial charge on any atom is 0.319 e. The van der Waals surface area contributed by atoms with E-state index >= 15 is 0 Å². The van der Waals surface area contributed by atoms with Gasteiger partial charge in [-0.3, -0.25) is 14.5 Å². The number of aryl methyl sites for hydroxylation is 1. The second kappa shape index (κ2) is 9.94. The SMILES string of the molecule is COC(=O)CN(CC(=O)NCc1ccccc1C)Cc1ccccc1Cl. The molecule has 2 rings (SSSR count). The van der Waals surface area contributed by atoms with Gasteiger partial charge in [-0.2, -0.15) is 0 Å². The second-order valence-electron chi connectivity index (χ2n) is 6.02. The molecule has 0 aliphatic heterocycles. The van der Waals surface area contributed by atoms with Crippen LogP contribution in [0.1, 0.15) is 16.7 Å². The van der Waals surface area contributed by atoms with Gasteiger partial charge in [0, 0.05) is 18.1 Å². The van der Waals surface area contributed by atoms with Gasteiger partial charge >= 0.3 is 5.97 Å². The van der Waals surface area contributed by atoms with E-state index in [2.05, 4.69) is 5.32 Å². The Bertz CT molecular complexity index is 764. The molecule has 0 radical (unpaired) electrons. The molecule has 2 aromatic carbocycles. The highest BCUT2D eigenvalue weighted by Crippen LogP contribution is 2.17. The fourth-order valence-electron chi connectivity index (χ4n) is 2.54. The van der Waals surface area contributed by atoms with Gasteiger partial charge in [-0.15, -0.1) is 0 Å². The van der Waals surface area contributed by atoms with Crippen LogP contribution in [0.2, 0.25) is 5.02 Å². The number of carbonyl (C=O) groups is 2. The zero-order valence-electron chi connectivity index (χ0n) is 15.0. The molecule has 0 spiro atoms. The standard InChI is InChI=1S/C20H23ClN2O3/c1-15-7-3-4-8-16(15)11-22-19(24)13-23(14-20(25)26-2)12-17-9-5-6-10-18(17)21/h3-10H,11-14H2,1-2H3,(H,22,24). The second-order valence-corrected chi connectivity index (χ2v) is 6.42. The van der Waals surface area contributed by atoms with Crippen molar-refractivity contribution in [2.24, 2.45) is 0 Å². The first-order valence-corrected chi connectivity index (χ1v) is 8.71. The molecule has 0 aliphatic rings. The summed E-state index contributed by atoms with van der Waals surface area (Å²) in [6.07, 6.45) is 0. The minimum absolute atomic E-state index is 0.0134. The maximum atomic E-state index is 12.3. The molecule has 138 valence electrons. The number of carbonyl (C=O) groups excluding carboxylic acids is 2. The molecule has 6 heteroatoms. The van der Waals surface area contributed by atoms with Crippen molar-refractivity contribution in [1.82, 2.24) is 10.2 Å². The minimum atomic E-state index is -0.399. The highest BCUT2D eigenvalue weighted by molar-refractivity contribution is 6.31. The van der Waals surface area contributed by atoms with Crippen molar-refractivity contribution in [1.29, 1.82) is 0 Å². The van der Waals surface area contributed by atoms with Crippen molar-refractivity contribution in [3.63, 3.8) is 0 Å². The van der Waals surface area contributed by atoms with Crippen molar-refractivity contribution in [2.45, 2.75) is 20.0 Å². The largest absolute Gasteiger partial charge is 0.468 e. The Morgan fingerprint density at radius 3 is 2.35 bits per heavy atom. The molecule has 0 fully saturated rings. The molecule has 0 saturated heterocycles. The third-order valence-corrected chi connectivity index (χ3v) is 4.41. The summed E-state index contributed by atoms with van der Waals surface area (Å²) in [4.78, 5) is 25.7. The van der Waals surface area contributed by atoms with E-state index in [1.165, 1.54) is 7.11 Å². The fourth-order valence-corrected chi connectivity index (χ4v) is 2.74. The van der Waals surface area contributed by atoms with Gasteiger partial charge in [0.2, 0.25) is 5.91 Å². The van der Waals surface area contributed by atoms with Gasteiger partial charge in [-0.05, 0) is 29.7 Å². The Labute approximate surface area is 158 Å². The number of rotatable bonds is 8. The lowest BCUT2D eigenvalue weighted by molar-refractivity contribution is -0.142. The number of nitrogens with zero attached hydrogens (tertiary/aromatic N) is 1. The van der Waals surface area contributed by atoms with Crippen LogP contribution in [-0.4, -0.2) is 37.0 Å². The van der Waals surface area contributed by atoms with E-state index in [9.17, 15) is 9.59 Å². The lowest BCUT2D eigenvalue weighted by Gasteiger charge is -2.21. The Kier molecular flexibility index (Phi) is 7.63. The molecule has 2 aromatic rings. The summed E-state index contributed by atoms with van der Waals surface area (Å²) in [7, 11) is 1.33. The van der Waals surface area contributed by atoms with Gasteiger partial charge in [0.15, 0.2) is 0 Å². The average Bonchev–Trinajstić information content (AvgIpc) is 2.62. The first-order chi connectivity index (χ1) is 12.5. The Balaban J connectivity index is 1.98. The van der Waals surface area contributed by atoms with Crippen LogP contribution >= 0.6 is 11.6 Å². The van der Waals surface area contributed by atoms with Crippen LogP contribution in [0.3, 0.4) is 0 Å². The lowest BCUT2D eigenvalue weighted by atomic mass is 10.1. The van der Waals surface area contributed by atoms with E-state index < -0.39 is 5.97 Å². The molecule has 0 atom stereocenters. The molecule has 26 heavy (non-hydrogen) atoms. The fraction of sp³-hybridized carbons (Fsp3) is 0.300. The van der Waals surface area contributed by atoms with Crippen LogP contribution < -0.4 is 5.32 Å². The highest BCUT2D eigenvalue weighted by atomic mass is 35.5. The Morgan fingerprint density at radius 2 is 1.69 bits per heavy atom. The average molecular weight is 375 g/mol. The number of hydrogen-bond acceptors (Lipinski definition) is 4. The molecule has 1 N–H and O–H groups in total. The number of halogens is 1. The van der Waals surface area contributed by atoms with Crippen LogP contribution in [0.4, 0.5) is 0 Å². The Hall–Kier alpha value is -2.37. The Morgan fingerprint density at radius 1 is 1.04 bits per heavy atom. The smallest absolute Gasteiger partial charge is 0.319 e. The summed E-state index contributed by atoms with van der Waals surface area (Å²) < 4.78 is 4.73. The molecule has 0 aliphatic carbocycles. The van der Waals surface area contributed by atoms with Gasteiger partial charge in [-0.1, -0.05) is 54.1 Å². The van der Waals surface area contributed by atoms with E-state index in [-0.39, 0.29) is 19.0 Å². The third kappa shape index (κ3) is 6.17. The van der Waals surface area contributed by atoms with Crippen LogP contribution in [0.15, 0.2) is 48.5 Å². The van der Waals surface area contributed by atoms with E-state index in [1.807, 2.05) is 49.4 Å². The van der Waals surface area contributed by atoms with Gasteiger partial charge in [0.05, 0.1) is 20.2 Å². The van der Waals surface area contributed by atoms with E-state index in [1.54, 1.807) is 11.0 Å². The summed E-state index contributed by atoms with van der Waals surface area (Å²) in [6.45, 7) is 2.92. The zero-order chi connectivity index (χ0) is 18.9. The minimum Gasteiger partial charge on any atom is -0.468 e. The van der Waals surface area contributed by atoms with Crippen LogP contribution in [0.25, 0.3) is 0 Å². The molecule has 1 amide bonds. The number of hydrogen-bond donors (Lipinski definition) is 1. The van der Waals surface area contributed by atoms with E-state index in [0.717, 1.165) is 16.7 Å². The summed E-state index contributed by atoms with van der Waals surface area (Å²) >= 11 is 6.19. The molecule has 0 heterocycles. The van der Waals surface area contributed by atoms with E-state index in [4.69, 9.17) is 16.3 Å². The molecular formula is C20H23ClN2O3. The normalized spacial score (nSPS) is 10.6. The van der Waals surface area contributed by atoms with Gasteiger partial charge in [-0.25, -0.2) is 0 Å². The molecule has 0 saturated carbocycles. The van der Waals surface area contributed by atoms with Gasteiger partial charge in [0.1, 0.15) is 0 Å². The number of nitrogens with one attached hydrogen (secondary N) is 1. The lowest BCUT2D eigenvalue weighted by Crippen LogP contribution is -2.39. The third-order valence-electron chi connectivity index (χ3n) is 4.04. The number of benzene rings is 2. The monoisotopic (exact) mass is 374 g/mol. The molecular weight excluding hydrogens is 352 g/mol. The van der Waals surface area contributed by atoms with Crippen LogP contribution in [0, 0.1) is 6.92 Å². The predicted octanol–water partition coefficient (Wildman–Crippen LogP) is 2.94. The molecule has 0 unspecified atom stereocenters. The highest BCUT2D eigenvalue weighted by Gasteiger charge is 2.16. The molecule has 5 nitrogen and oxygen atoms in total. The summed E-state index contributed by atoms with van der Waals surface area (Å²) in [5.74, 6) is -0.562. The number of ether oxygens (including phenoxy) is 1. The number of methoxy groups -OCH3 is 1. The molecule has 0 bridgehead atoms. The predicted molar refractivity (Wildman–Crippen MR) is 102 cm³/mol. The summed E-state index contributed by atoms with van der Waals surface area (Å²) in [5.41, 5.74) is 3.03. The van der Waals surface area contributed by atoms with Gasteiger partial charge < -0.3 is 10.1 Å². The van der Waals surface area contributed by atoms with Crippen LogP contribution in [0.5, 0.6) is 0 Å². The molecule has 0 aromatic heterocycles. The quantitative estimate of drug-likeness (QED) is 0.722. The van der Waals surface area contributed by atoms with Crippen molar-refractivity contribution < 1.29 is 14.3 Å². The first-order valence-electron chi connectivity index (χ1n) is 8.33.